The second-order valence-electron chi connectivity index (χ2n) is 4.90. The molecule has 2 fully saturated rings. The molecule has 1 unspecified atom stereocenters. The molecule has 0 aliphatic heterocycles. The Hall–Kier alpha value is -0.0397. The molecule has 3 aliphatic carbocycles. The Balaban J connectivity index is 0.000000750. The number of hydrogen-bond acceptors (Lipinski definition) is 0. The van der Waals surface area contributed by atoms with Crippen molar-refractivity contribution in [2.75, 3.05) is 0 Å². The van der Waals surface area contributed by atoms with E-state index in [4.69, 9.17) is 0 Å². The van der Waals surface area contributed by atoms with Crippen molar-refractivity contribution in [2.24, 2.45) is 11.3 Å². The van der Waals surface area contributed by atoms with Crippen LogP contribution in [0.1, 0.15) is 33.1 Å². The molecule has 0 heterocycles. The van der Waals surface area contributed by atoms with Gasteiger partial charge in [0.1, 0.15) is 0 Å². The van der Waals surface area contributed by atoms with Crippen LogP contribution in [0.5, 0.6) is 0 Å². The van der Waals surface area contributed by atoms with Crippen molar-refractivity contribution in [1.29, 1.82) is 0 Å². The molecule has 0 aromatic carbocycles. The molecule has 0 aromatic heterocycles. The summed E-state index contributed by atoms with van der Waals surface area (Å²) in [6.45, 7) is 4.52. The van der Waals surface area contributed by atoms with Crippen LogP contribution in [0.25, 0.3) is 0 Å². The molecule has 78 valence electrons. The third kappa shape index (κ3) is 1.11. The summed E-state index contributed by atoms with van der Waals surface area (Å²) in [4.78, 5) is 0. The summed E-state index contributed by atoms with van der Waals surface area (Å²) in [5.41, 5.74) is 3.70. The Bertz CT molecular complexity index is 309. The molecule has 0 aromatic rings. The van der Waals surface area contributed by atoms with Gasteiger partial charge in [0.2, 0.25) is 0 Å². The summed E-state index contributed by atoms with van der Waals surface area (Å²) < 4.78 is 0. The predicted octanol–water partition coefficient (Wildman–Crippen LogP) is 3.47. The van der Waals surface area contributed by atoms with Crippen molar-refractivity contribution in [1.82, 2.24) is 0 Å². The van der Waals surface area contributed by atoms with Gasteiger partial charge in [-0.25, -0.2) is 5.57 Å². The normalized spacial score (nSPS) is 36.9. The minimum atomic E-state index is 0. The van der Waals surface area contributed by atoms with Crippen LogP contribution in [0.2, 0.25) is 0 Å². The second-order valence-corrected chi connectivity index (χ2v) is 4.90. The standard InChI is InChI=1S/C13H16.Au/c1-9(2)12-10-5-7-13(8-10)6-3-4-11(12)13;/h4-5,7,10H,3,6,8H2,1-2H3;/q;+1/t10?,13-;/m0./s1. The van der Waals surface area contributed by atoms with E-state index in [9.17, 15) is 0 Å². The van der Waals surface area contributed by atoms with Gasteiger partial charge >= 0.3 is 22.4 Å². The van der Waals surface area contributed by atoms with Crippen LogP contribution in [-0.4, -0.2) is 0 Å². The second kappa shape index (κ2) is 3.23. The van der Waals surface area contributed by atoms with Gasteiger partial charge in [0.15, 0.2) is 0 Å². The number of rotatable bonds is 0. The fourth-order valence-corrected chi connectivity index (χ4v) is 3.44. The van der Waals surface area contributed by atoms with Crippen molar-refractivity contribution in [3.63, 3.8) is 0 Å². The Morgan fingerprint density at radius 3 is 3.07 bits per heavy atom. The van der Waals surface area contributed by atoms with E-state index in [-0.39, 0.29) is 22.4 Å². The molecule has 0 radical (unpaired) electrons. The zero-order valence-electron chi connectivity index (χ0n) is 8.73. The average Bonchev–Trinajstić information content (AvgIpc) is 2.67. The first-order valence-corrected chi connectivity index (χ1v) is 5.31. The average molecular weight is 369 g/mol. The van der Waals surface area contributed by atoms with Crippen molar-refractivity contribution in [2.45, 2.75) is 33.1 Å². The van der Waals surface area contributed by atoms with E-state index in [0.29, 0.717) is 5.41 Å². The first-order chi connectivity index (χ1) is 6.23. The monoisotopic (exact) mass is 369 g/mol. The molecule has 3 rings (SSSR count). The fourth-order valence-electron chi connectivity index (χ4n) is 3.44. The van der Waals surface area contributed by atoms with Crippen molar-refractivity contribution < 1.29 is 22.4 Å². The number of hydrogen-bond donors (Lipinski definition) is 0. The quantitative estimate of drug-likeness (QED) is 0.349. The molecule has 0 amide bonds. The Morgan fingerprint density at radius 2 is 2.36 bits per heavy atom. The summed E-state index contributed by atoms with van der Waals surface area (Å²) in [5, 5.41) is 0. The van der Waals surface area contributed by atoms with Gasteiger partial charge in [-0.05, 0) is 30.1 Å². The largest absolute Gasteiger partial charge is 1.00 e. The van der Waals surface area contributed by atoms with Gasteiger partial charge in [0, 0.05) is 6.42 Å². The molecular weight excluding hydrogens is 353 g/mol. The van der Waals surface area contributed by atoms with Crippen LogP contribution < -0.4 is 0 Å². The van der Waals surface area contributed by atoms with Crippen LogP contribution in [-0.2, 0) is 22.4 Å². The first-order valence-electron chi connectivity index (χ1n) is 5.31. The predicted molar refractivity (Wildman–Crippen MR) is 54.8 cm³/mol. The number of allylic oxidation sites excluding steroid dienone is 4. The van der Waals surface area contributed by atoms with E-state index in [1.54, 1.807) is 11.5 Å². The molecule has 0 saturated heterocycles. The smallest absolute Gasteiger partial charge is 0.214 e. The molecule has 0 N–H and O–H groups in total. The fraction of sp³-hybridized carbons (Fsp3) is 0.538. The molecule has 2 bridgehead atoms. The molecule has 0 nitrogen and oxygen atoms in total. The van der Waals surface area contributed by atoms with E-state index in [2.05, 4.69) is 32.4 Å². The SMILES string of the molecule is CC(C)=C1[C-]2[CH+]CC[C@@]23C=CC1C3.[Au+]. The van der Waals surface area contributed by atoms with Crippen molar-refractivity contribution >= 4 is 0 Å². The van der Waals surface area contributed by atoms with Gasteiger partial charge < -0.3 is 0 Å². The van der Waals surface area contributed by atoms with E-state index in [1.165, 1.54) is 24.8 Å². The van der Waals surface area contributed by atoms with Gasteiger partial charge in [-0.1, -0.05) is 12.2 Å². The van der Waals surface area contributed by atoms with Crippen LogP contribution in [0.3, 0.4) is 0 Å². The summed E-state index contributed by atoms with van der Waals surface area (Å²) >= 11 is 0. The minimum Gasteiger partial charge on any atom is -0.214 e. The van der Waals surface area contributed by atoms with E-state index < -0.39 is 0 Å². The molecule has 2 saturated carbocycles. The van der Waals surface area contributed by atoms with E-state index >= 15 is 0 Å². The Kier molecular flexibility index (Phi) is 2.42. The van der Waals surface area contributed by atoms with E-state index in [1.807, 2.05) is 0 Å². The minimum absolute atomic E-state index is 0. The summed E-state index contributed by atoms with van der Waals surface area (Å²) in [6.07, 6.45) is 11.4. The summed E-state index contributed by atoms with van der Waals surface area (Å²) in [5.74, 6) is 2.44. The zero-order valence-corrected chi connectivity index (χ0v) is 10.9. The van der Waals surface area contributed by atoms with Crippen LogP contribution in [0.15, 0.2) is 23.3 Å². The first kappa shape index (κ1) is 10.5. The van der Waals surface area contributed by atoms with Gasteiger partial charge in [0.05, 0.1) is 6.42 Å². The van der Waals surface area contributed by atoms with Gasteiger partial charge in [-0.2, -0.15) is 5.57 Å². The van der Waals surface area contributed by atoms with Gasteiger partial charge in [-0.3, -0.25) is 0 Å². The third-order valence-corrected chi connectivity index (χ3v) is 3.91. The van der Waals surface area contributed by atoms with Crippen LogP contribution in [0, 0.1) is 23.7 Å². The zero-order chi connectivity index (χ0) is 9.05. The Morgan fingerprint density at radius 1 is 1.57 bits per heavy atom. The summed E-state index contributed by atoms with van der Waals surface area (Å²) in [7, 11) is 0. The van der Waals surface area contributed by atoms with Crippen LogP contribution >= 0.6 is 0 Å². The third-order valence-electron chi connectivity index (χ3n) is 3.91. The maximum absolute atomic E-state index is 2.48. The maximum Gasteiger partial charge on any atom is 1.00 e. The molecule has 14 heavy (non-hydrogen) atoms. The van der Waals surface area contributed by atoms with E-state index in [0.717, 1.165) is 5.92 Å². The van der Waals surface area contributed by atoms with Crippen molar-refractivity contribution in [3.05, 3.63) is 35.6 Å². The van der Waals surface area contributed by atoms with Gasteiger partial charge in [0.25, 0.3) is 0 Å². The topological polar surface area (TPSA) is 0 Å². The van der Waals surface area contributed by atoms with Gasteiger partial charge in [-0.15, -0.1) is 13.8 Å². The Labute approximate surface area is 102 Å². The van der Waals surface area contributed by atoms with Crippen molar-refractivity contribution in [3.8, 4) is 0 Å². The molecule has 3 aliphatic rings. The molecule has 1 heteroatoms. The molecular formula is C13H16Au+. The summed E-state index contributed by atoms with van der Waals surface area (Å²) in [6, 6.07) is 0. The van der Waals surface area contributed by atoms with Crippen LogP contribution in [0.4, 0.5) is 0 Å². The molecule has 1 spiro atoms. The number of fused-ring (bicyclic) bond motifs is 1. The molecule has 2 atom stereocenters. The maximum atomic E-state index is 2.48.